The summed E-state index contributed by atoms with van der Waals surface area (Å²) in [6.45, 7) is 4.85. The van der Waals surface area contributed by atoms with Gasteiger partial charge >= 0.3 is 0 Å². The molecule has 0 bridgehead atoms. The third-order valence-electron chi connectivity index (χ3n) is 4.45. The summed E-state index contributed by atoms with van der Waals surface area (Å²) in [5, 5.41) is 24.6. The van der Waals surface area contributed by atoms with Crippen LogP contribution in [-0.2, 0) is 0 Å². The minimum atomic E-state index is -1.37. The average Bonchev–Trinajstić information content (AvgIpc) is 3.25. The molecule has 1 atom stereocenters. The molecular weight excluding hydrogens is 460 g/mol. The smallest absolute Gasteiger partial charge is 0.208 e. The van der Waals surface area contributed by atoms with Crippen LogP contribution >= 0.6 is 23.3 Å². The van der Waals surface area contributed by atoms with Crippen molar-refractivity contribution in [1.82, 2.24) is 24.3 Å². The molecule has 9 nitrogen and oxygen atoms in total. The summed E-state index contributed by atoms with van der Waals surface area (Å²) in [7, 11) is 0. The number of rotatable bonds is 8. The van der Waals surface area contributed by atoms with Crippen molar-refractivity contribution in [2.24, 2.45) is 0 Å². The van der Waals surface area contributed by atoms with E-state index in [0.717, 1.165) is 27.1 Å². The quantitative estimate of drug-likeness (QED) is 0.330. The number of anilines is 2. The lowest BCUT2D eigenvalue weighted by molar-refractivity contribution is -0.0533. The molecule has 3 N–H and O–H groups in total. The fraction of sp³-hybridized carbons (Fsp3) is 0.227. The maximum absolute atomic E-state index is 10.2. The van der Waals surface area contributed by atoms with E-state index in [1.807, 2.05) is 37.3 Å². The predicted octanol–water partition coefficient (Wildman–Crippen LogP) is 4.52. The van der Waals surface area contributed by atoms with E-state index >= 15 is 0 Å². The summed E-state index contributed by atoms with van der Waals surface area (Å²) in [5.74, 6) is 1.61. The molecule has 0 aromatic carbocycles. The number of hydrogen-bond acceptors (Lipinski definition) is 11. The lowest BCUT2D eigenvalue weighted by atomic mass is 10.0. The zero-order chi connectivity index (χ0) is 23.4. The second-order valence-corrected chi connectivity index (χ2v) is 9.46. The zero-order valence-electron chi connectivity index (χ0n) is 18.1. The number of aryl methyl sites for hydroxylation is 1. The number of nitrogens with one attached hydrogen (secondary N) is 1. The van der Waals surface area contributed by atoms with Gasteiger partial charge in [-0.1, -0.05) is 17.8 Å². The zero-order valence-corrected chi connectivity index (χ0v) is 19.8. The van der Waals surface area contributed by atoms with Crippen molar-refractivity contribution in [2.45, 2.75) is 42.4 Å². The Balaban J connectivity index is 1.63. The number of aromatic nitrogens is 5. The number of nitrogens with zero attached hydrogens (tertiary/aromatic N) is 5. The molecule has 0 unspecified atom stereocenters. The average molecular weight is 483 g/mol. The molecule has 0 saturated carbocycles. The van der Waals surface area contributed by atoms with E-state index in [1.54, 1.807) is 24.7 Å². The van der Waals surface area contributed by atoms with Gasteiger partial charge in [0.15, 0.2) is 17.4 Å². The fourth-order valence-corrected chi connectivity index (χ4v) is 4.06. The van der Waals surface area contributed by atoms with Gasteiger partial charge in [0.25, 0.3) is 0 Å². The van der Waals surface area contributed by atoms with Crippen LogP contribution in [0, 0.1) is 6.92 Å². The Bertz CT molecular complexity index is 1230. The normalized spacial score (nSPS) is 12.4. The molecule has 4 rings (SSSR count). The summed E-state index contributed by atoms with van der Waals surface area (Å²) in [4.78, 5) is 18.3. The molecule has 0 fully saturated rings. The van der Waals surface area contributed by atoms with Crippen LogP contribution in [0.15, 0.2) is 64.9 Å². The first-order valence-corrected chi connectivity index (χ1v) is 11.6. The topological polar surface area (TPSA) is 126 Å². The predicted molar refractivity (Wildman–Crippen MR) is 126 cm³/mol. The van der Waals surface area contributed by atoms with Crippen molar-refractivity contribution in [2.75, 3.05) is 5.32 Å². The van der Waals surface area contributed by atoms with E-state index in [2.05, 4.69) is 29.6 Å². The highest BCUT2D eigenvalue weighted by atomic mass is 32.2. The van der Waals surface area contributed by atoms with E-state index in [4.69, 9.17) is 4.74 Å². The number of aliphatic hydroxyl groups is 2. The first kappa shape index (κ1) is 23.1. The highest BCUT2D eigenvalue weighted by Gasteiger charge is 2.30. The second-order valence-electron chi connectivity index (χ2n) is 7.62. The number of hydrogen-bond donors (Lipinski definition) is 3. The molecule has 0 aliphatic heterocycles. The molecule has 0 saturated heterocycles. The minimum absolute atomic E-state index is 0.128. The van der Waals surface area contributed by atoms with E-state index in [1.165, 1.54) is 25.6 Å². The Morgan fingerprint density at radius 2 is 1.91 bits per heavy atom. The Morgan fingerprint density at radius 3 is 2.64 bits per heavy atom. The monoisotopic (exact) mass is 482 g/mol. The standard InChI is InChI=1S/C22H22N6O3S2/c1-13-15(7-6-10-23-13)31-16-11-14(32-17-8-4-5-9-24-17)12-25-19(16)26-21-27-20(28-33-21)18(29)22(2,3)30/h4-12,18,29-30H,1-3H3,(H,25,26,27,28)/t18-/m0/s1. The molecule has 170 valence electrons. The highest BCUT2D eigenvalue weighted by Crippen LogP contribution is 2.36. The summed E-state index contributed by atoms with van der Waals surface area (Å²) in [5.41, 5.74) is -0.634. The van der Waals surface area contributed by atoms with Gasteiger partial charge in [-0.05, 0) is 45.0 Å². The SMILES string of the molecule is Cc1ncccc1Oc1cc(Sc2ccccn2)cnc1Nc1nc([C@H](O)C(C)(C)O)ns1. The van der Waals surface area contributed by atoms with Crippen molar-refractivity contribution in [3.05, 3.63) is 66.5 Å². The highest BCUT2D eigenvalue weighted by molar-refractivity contribution is 7.99. The van der Waals surface area contributed by atoms with E-state index in [-0.39, 0.29) is 5.82 Å². The lowest BCUT2D eigenvalue weighted by Gasteiger charge is -2.21. The van der Waals surface area contributed by atoms with Gasteiger partial charge in [0, 0.05) is 41.1 Å². The molecule has 4 aromatic heterocycles. The Labute approximate surface area is 199 Å². The molecule has 0 amide bonds. The van der Waals surface area contributed by atoms with Crippen molar-refractivity contribution < 1.29 is 14.9 Å². The van der Waals surface area contributed by atoms with Gasteiger partial charge in [-0.15, -0.1) is 0 Å². The number of aliphatic hydroxyl groups excluding tert-OH is 1. The third kappa shape index (κ3) is 5.82. The molecule has 0 aliphatic carbocycles. The van der Waals surface area contributed by atoms with Gasteiger partial charge in [-0.3, -0.25) is 4.98 Å². The van der Waals surface area contributed by atoms with Crippen LogP contribution in [0.3, 0.4) is 0 Å². The van der Waals surface area contributed by atoms with Gasteiger partial charge in [-0.25, -0.2) is 15.0 Å². The van der Waals surface area contributed by atoms with E-state index in [9.17, 15) is 10.2 Å². The van der Waals surface area contributed by atoms with Crippen molar-refractivity contribution in [3.8, 4) is 11.5 Å². The molecule has 4 heterocycles. The largest absolute Gasteiger partial charge is 0.452 e. The van der Waals surface area contributed by atoms with E-state index < -0.39 is 11.7 Å². The molecule has 0 spiro atoms. The maximum atomic E-state index is 10.2. The lowest BCUT2D eigenvalue weighted by Crippen LogP contribution is -2.29. The third-order valence-corrected chi connectivity index (χ3v) is 6.00. The van der Waals surface area contributed by atoms with Gasteiger partial charge in [0.05, 0.1) is 11.3 Å². The second kappa shape index (κ2) is 9.79. The van der Waals surface area contributed by atoms with Crippen molar-refractivity contribution in [3.63, 3.8) is 0 Å². The van der Waals surface area contributed by atoms with Gasteiger partial charge in [0.1, 0.15) is 16.9 Å². The van der Waals surface area contributed by atoms with Crippen molar-refractivity contribution >= 4 is 34.2 Å². The van der Waals surface area contributed by atoms with Crippen molar-refractivity contribution in [1.29, 1.82) is 0 Å². The van der Waals surface area contributed by atoms with Crippen LogP contribution in [0.4, 0.5) is 10.9 Å². The molecule has 33 heavy (non-hydrogen) atoms. The fourth-order valence-electron chi connectivity index (χ4n) is 2.69. The summed E-state index contributed by atoms with van der Waals surface area (Å²) in [6.07, 6.45) is 3.92. The maximum Gasteiger partial charge on any atom is 0.208 e. The summed E-state index contributed by atoms with van der Waals surface area (Å²) in [6, 6.07) is 11.2. The Morgan fingerprint density at radius 1 is 1.09 bits per heavy atom. The molecule has 0 aliphatic rings. The summed E-state index contributed by atoms with van der Waals surface area (Å²) < 4.78 is 10.3. The van der Waals surface area contributed by atoms with Crippen LogP contribution in [-0.4, -0.2) is 40.1 Å². The van der Waals surface area contributed by atoms with Gasteiger partial charge in [-0.2, -0.15) is 4.37 Å². The minimum Gasteiger partial charge on any atom is -0.452 e. The molecule has 11 heteroatoms. The first-order chi connectivity index (χ1) is 15.8. The summed E-state index contributed by atoms with van der Waals surface area (Å²) >= 11 is 2.51. The molecule has 0 radical (unpaired) electrons. The first-order valence-electron chi connectivity index (χ1n) is 9.99. The van der Waals surface area contributed by atoms with Crippen LogP contribution in [0.1, 0.15) is 31.5 Å². The Hall–Kier alpha value is -3.12. The number of ether oxygens (including phenoxy) is 1. The van der Waals surface area contributed by atoms with Crippen LogP contribution in [0.2, 0.25) is 0 Å². The van der Waals surface area contributed by atoms with Crippen LogP contribution in [0.5, 0.6) is 11.5 Å². The van der Waals surface area contributed by atoms with Crippen LogP contribution in [0.25, 0.3) is 0 Å². The Kier molecular flexibility index (Phi) is 6.84. The van der Waals surface area contributed by atoms with Crippen LogP contribution < -0.4 is 10.1 Å². The van der Waals surface area contributed by atoms with Gasteiger partial charge < -0.3 is 20.3 Å². The van der Waals surface area contributed by atoms with Gasteiger partial charge in [0.2, 0.25) is 5.13 Å². The van der Waals surface area contributed by atoms with E-state index in [0.29, 0.717) is 22.4 Å². The molecule has 4 aromatic rings. The molecular formula is C22H22N6O3S2. The number of pyridine rings is 3.